The van der Waals surface area contributed by atoms with Gasteiger partial charge in [-0.15, -0.1) is 0 Å². The number of para-hydroxylation sites is 2. The van der Waals surface area contributed by atoms with Crippen molar-refractivity contribution in [3.8, 4) is 11.6 Å². The smallest absolute Gasteiger partial charge is 0.233 e. The summed E-state index contributed by atoms with van der Waals surface area (Å²) >= 11 is 0. The minimum Gasteiger partial charge on any atom is -0.490 e. The molecule has 0 unspecified atom stereocenters. The molecule has 4 rings (SSSR count). The Morgan fingerprint density at radius 3 is 3.09 bits per heavy atom. The van der Waals surface area contributed by atoms with Crippen molar-refractivity contribution in [3.63, 3.8) is 0 Å². The third-order valence-corrected chi connectivity index (χ3v) is 4.05. The van der Waals surface area contributed by atoms with Gasteiger partial charge >= 0.3 is 0 Å². The van der Waals surface area contributed by atoms with Gasteiger partial charge in [0, 0.05) is 25.1 Å². The van der Waals surface area contributed by atoms with Gasteiger partial charge in [0.1, 0.15) is 12.4 Å². The lowest BCUT2D eigenvalue weighted by Gasteiger charge is -2.30. The summed E-state index contributed by atoms with van der Waals surface area (Å²) in [6.07, 6.45) is 0.896. The van der Waals surface area contributed by atoms with Crippen LogP contribution in [0.4, 0.5) is 11.6 Å². The Kier molecular flexibility index (Phi) is 3.31. The zero-order valence-corrected chi connectivity index (χ0v) is 12.5. The van der Waals surface area contributed by atoms with Gasteiger partial charge in [-0.3, -0.25) is 0 Å². The summed E-state index contributed by atoms with van der Waals surface area (Å²) in [5.41, 5.74) is 3.15. The number of anilines is 2. The lowest BCUT2D eigenvalue weighted by atomic mass is 10.1. The summed E-state index contributed by atoms with van der Waals surface area (Å²) in [6.45, 7) is 3.06. The fraction of sp³-hybridized carbons (Fsp3) is 0.375. The molecule has 0 aliphatic carbocycles. The van der Waals surface area contributed by atoms with Crippen LogP contribution in [-0.2, 0) is 13.0 Å². The van der Waals surface area contributed by atoms with E-state index < -0.39 is 0 Å². The number of hydrogen-bond donors (Lipinski definition) is 1. The van der Waals surface area contributed by atoms with Crippen molar-refractivity contribution < 1.29 is 9.47 Å². The predicted octanol–water partition coefficient (Wildman–Crippen LogP) is 1.66. The first kappa shape index (κ1) is 13.3. The zero-order chi connectivity index (χ0) is 14.9. The van der Waals surface area contributed by atoms with Crippen molar-refractivity contribution >= 4 is 11.6 Å². The lowest BCUT2D eigenvalue weighted by molar-refractivity contribution is 0.312. The number of rotatable bonds is 2. The van der Waals surface area contributed by atoms with Crippen molar-refractivity contribution in [1.29, 1.82) is 0 Å². The molecule has 1 N–H and O–H groups in total. The number of nitrogens with zero attached hydrogens (tertiary/aromatic N) is 3. The van der Waals surface area contributed by atoms with Gasteiger partial charge < -0.3 is 19.7 Å². The van der Waals surface area contributed by atoms with Crippen LogP contribution in [0.25, 0.3) is 0 Å². The molecule has 0 spiro atoms. The summed E-state index contributed by atoms with van der Waals surface area (Å²) in [5.74, 6) is 2.22. The molecule has 0 amide bonds. The fourth-order valence-electron chi connectivity index (χ4n) is 2.97. The van der Waals surface area contributed by atoms with Crippen LogP contribution in [0.3, 0.4) is 0 Å². The normalized spacial score (nSPS) is 16.5. The SMILES string of the molecule is COc1nc(N2CCOc3ccccc32)nc2c1CNCC2. The molecule has 2 aliphatic rings. The molecule has 0 saturated heterocycles. The van der Waals surface area contributed by atoms with E-state index in [1.165, 1.54) is 0 Å². The van der Waals surface area contributed by atoms with Crippen LogP contribution in [-0.4, -0.2) is 36.8 Å². The predicted molar refractivity (Wildman–Crippen MR) is 82.9 cm³/mol. The number of hydrogen-bond acceptors (Lipinski definition) is 6. The van der Waals surface area contributed by atoms with Gasteiger partial charge in [-0.1, -0.05) is 12.1 Å². The number of aromatic nitrogens is 2. The van der Waals surface area contributed by atoms with E-state index in [0.717, 1.165) is 48.7 Å². The maximum atomic E-state index is 5.71. The third kappa shape index (κ3) is 2.16. The molecule has 1 aromatic heterocycles. The number of fused-ring (bicyclic) bond motifs is 2. The number of benzene rings is 1. The highest BCUT2D eigenvalue weighted by atomic mass is 16.5. The Balaban J connectivity index is 1.80. The molecule has 0 saturated carbocycles. The molecule has 3 heterocycles. The first-order valence-corrected chi connectivity index (χ1v) is 7.50. The van der Waals surface area contributed by atoms with Crippen LogP contribution in [0.5, 0.6) is 11.6 Å². The molecule has 2 aliphatic heterocycles. The maximum Gasteiger partial charge on any atom is 0.233 e. The molecule has 0 bridgehead atoms. The van der Waals surface area contributed by atoms with E-state index in [1.54, 1.807) is 7.11 Å². The summed E-state index contributed by atoms with van der Waals surface area (Å²) < 4.78 is 11.2. The average molecular weight is 298 g/mol. The standard InChI is InChI=1S/C16H18N4O2/c1-21-15-11-10-17-7-6-12(11)18-16(19-15)20-8-9-22-14-5-3-2-4-13(14)20/h2-5,17H,6-10H2,1H3. The molecule has 22 heavy (non-hydrogen) atoms. The van der Waals surface area contributed by atoms with Gasteiger partial charge in [-0.2, -0.15) is 4.98 Å². The van der Waals surface area contributed by atoms with Crippen LogP contribution in [0, 0.1) is 0 Å². The minimum atomic E-state index is 0.626. The van der Waals surface area contributed by atoms with Crippen LogP contribution >= 0.6 is 0 Å². The minimum absolute atomic E-state index is 0.626. The zero-order valence-electron chi connectivity index (χ0n) is 12.5. The number of methoxy groups -OCH3 is 1. The second kappa shape index (κ2) is 5.46. The van der Waals surface area contributed by atoms with E-state index in [9.17, 15) is 0 Å². The molecule has 0 radical (unpaired) electrons. The quantitative estimate of drug-likeness (QED) is 0.910. The van der Waals surface area contributed by atoms with Crippen molar-refractivity contribution in [2.75, 3.05) is 31.7 Å². The molecule has 0 fully saturated rings. The summed E-state index contributed by atoms with van der Waals surface area (Å²) in [5, 5.41) is 3.34. The Bertz CT molecular complexity index is 687. The highest BCUT2D eigenvalue weighted by molar-refractivity contribution is 5.67. The van der Waals surface area contributed by atoms with Gasteiger partial charge in [0.25, 0.3) is 0 Å². The van der Waals surface area contributed by atoms with Crippen LogP contribution in [0.2, 0.25) is 0 Å². The van der Waals surface area contributed by atoms with E-state index in [1.807, 2.05) is 24.3 Å². The molecule has 114 valence electrons. The van der Waals surface area contributed by atoms with Crippen molar-refractivity contribution in [2.24, 2.45) is 0 Å². The molecule has 1 aromatic carbocycles. The van der Waals surface area contributed by atoms with Crippen LogP contribution in [0.1, 0.15) is 11.3 Å². The Hall–Kier alpha value is -2.34. The van der Waals surface area contributed by atoms with Gasteiger partial charge in [0.05, 0.1) is 25.0 Å². The average Bonchev–Trinajstić information content (AvgIpc) is 2.60. The largest absolute Gasteiger partial charge is 0.490 e. The summed E-state index contributed by atoms with van der Waals surface area (Å²) in [4.78, 5) is 11.5. The second-order valence-corrected chi connectivity index (χ2v) is 5.35. The van der Waals surface area contributed by atoms with Crippen molar-refractivity contribution in [1.82, 2.24) is 15.3 Å². The van der Waals surface area contributed by atoms with E-state index in [-0.39, 0.29) is 0 Å². The Morgan fingerprint density at radius 1 is 1.27 bits per heavy atom. The number of ether oxygens (including phenoxy) is 2. The molecular formula is C16H18N4O2. The highest BCUT2D eigenvalue weighted by Gasteiger charge is 2.25. The van der Waals surface area contributed by atoms with Gasteiger partial charge in [0.15, 0.2) is 0 Å². The van der Waals surface area contributed by atoms with E-state index in [2.05, 4.69) is 15.2 Å². The summed E-state index contributed by atoms with van der Waals surface area (Å²) in [7, 11) is 1.66. The second-order valence-electron chi connectivity index (χ2n) is 5.35. The van der Waals surface area contributed by atoms with Gasteiger partial charge in [-0.25, -0.2) is 4.98 Å². The summed E-state index contributed by atoms with van der Waals surface area (Å²) in [6, 6.07) is 7.98. The molecular weight excluding hydrogens is 280 g/mol. The van der Waals surface area contributed by atoms with E-state index in [0.29, 0.717) is 18.4 Å². The molecule has 0 atom stereocenters. The third-order valence-electron chi connectivity index (χ3n) is 4.05. The number of nitrogens with one attached hydrogen (secondary N) is 1. The van der Waals surface area contributed by atoms with E-state index in [4.69, 9.17) is 14.5 Å². The fourth-order valence-corrected chi connectivity index (χ4v) is 2.97. The Morgan fingerprint density at radius 2 is 2.18 bits per heavy atom. The van der Waals surface area contributed by atoms with Gasteiger partial charge in [-0.05, 0) is 12.1 Å². The highest BCUT2D eigenvalue weighted by Crippen LogP contribution is 2.36. The Labute approximate surface area is 129 Å². The lowest BCUT2D eigenvalue weighted by Crippen LogP contribution is -2.32. The van der Waals surface area contributed by atoms with Crippen molar-refractivity contribution in [3.05, 3.63) is 35.5 Å². The first-order valence-electron chi connectivity index (χ1n) is 7.50. The van der Waals surface area contributed by atoms with Crippen LogP contribution < -0.4 is 19.7 Å². The molecule has 2 aromatic rings. The van der Waals surface area contributed by atoms with Gasteiger partial charge in [0.2, 0.25) is 11.8 Å². The topological polar surface area (TPSA) is 59.5 Å². The molecule has 6 nitrogen and oxygen atoms in total. The monoisotopic (exact) mass is 298 g/mol. The maximum absolute atomic E-state index is 5.71. The molecule has 6 heteroatoms. The van der Waals surface area contributed by atoms with Crippen LogP contribution in [0.15, 0.2) is 24.3 Å². The van der Waals surface area contributed by atoms with E-state index >= 15 is 0 Å². The van der Waals surface area contributed by atoms with Crippen molar-refractivity contribution in [2.45, 2.75) is 13.0 Å². The first-order chi connectivity index (χ1) is 10.9.